The van der Waals surface area contributed by atoms with E-state index in [4.69, 9.17) is 24.3 Å². The molecule has 0 aliphatic heterocycles. The molecule has 0 amide bonds. The highest BCUT2D eigenvalue weighted by Gasteiger charge is 2.26. The van der Waals surface area contributed by atoms with Crippen LogP contribution in [0.15, 0.2) is 48.6 Å². The molecule has 0 aromatic rings. The summed E-state index contributed by atoms with van der Waals surface area (Å²) in [4.78, 5) is 35.1. The van der Waals surface area contributed by atoms with Gasteiger partial charge in [-0.15, -0.1) is 0 Å². The van der Waals surface area contributed by atoms with E-state index in [0.29, 0.717) is 6.42 Å². The first-order chi connectivity index (χ1) is 31.8. The monoisotopic (exact) mass is 936 g/mol. The number of phosphoric ester groups is 1. The van der Waals surface area contributed by atoms with Crippen LogP contribution in [-0.2, 0) is 32.7 Å². The van der Waals surface area contributed by atoms with Crippen LogP contribution in [0, 0.1) is 0 Å². The number of nitrogens with two attached hydrogens (primary N) is 1. The van der Waals surface area contributed by atoms with E-state index in [9.17, 15) is 19.0 Å². The Labute approximate surface area is 400 Å². The molecule has 2 atom stereocenters. The minimum absolute atomic E-state index is 0.0518. The lowest BCUT2D eigenvalue weighted by Crippen LogP contribution is -2.29. The van der Waals surface area contributed by atoms with Gasteiger partial charge in [0.15, 0.2) is 6.10 Å². The van der Waals surface area contributed by atoms with Crippen LogP contribution < -0.4 is 5.73 Å². The number of hydrogen-bond donors (Lipinski definition) is 2. The number of phosphoric acid groups is 1. The van der Waals surface area contributed by atoms with Crippen molar-refractivity contribution >= 4 is 19.8 Å². The Bertz CT molecular complexity index is 1200. The van der Waals surface area contributed by atoms with E-state index < -0.39 is 26.5 Å². The quantitative estimate of drug-likeness (QED) is 0.0265. The second-order valence-corrected chi connectivity index (χ2v) is 19.5. The molecule has 0 saturated carbocycles. The normalized spacial score (nSPS) is 13.5. The number of carbonyl (C=O) groups is 2. The van der Waals surface area contributed by atoms with E-state index in [2.05, 4.69) is 62.5 Å². The van der Waals surface area contributed by atoms with E-state index in [0.717, 1.165) is 57.8 Å². The number of rotatable bonds is 51. The summed E-state index contributed by atoms with van der Waals surface area (Å²) >= 11 is 0. The van der Waals surface area contributed by atoms with Crippen molar-refractivity contribution in [2.75, 3.05) is 26.4 Å². The zero-order valence-electron chi connectivity index (χ0n) is 42.2. The molecular formula is C55H102NO8P. The molecule has 380 valence electrons. The molecule has 0 saturated heterocycles. The van der Waals surface area contributed by atoms with Gasteiger partial charge in [-0.2, -0.15) is 0 Å². The smallest absolute Gasteiger partial charge is 0.462 e. The largest absolute Gasteiger partial charge is 0.472 e. The lowest BCUT2D eigenvalue weighted by atomic mass is 10.0. The number of hydrogen-bond acceptors (Lipinski definition) is 8. The van der Waals surface area contributed by atoms with E-state index in [1.165, 1.54) is 167 Å². The summed E-state index contributed by atoms with van der Waals surface area (Å²) in [6.07, 6.45) is 61.5. The average Bonchev–Trinajstić information content (AvgIpc) is 3.30. The van der Waals surface area contributed by atoms with Crippen LogP contribution in [0.3, 0.4) is 0 Å². The van der Waals surface area contributed by atoms with Gasteiger partial charge in [0.2, 0.25) is 0 Å². The number of esters is 2. The van der Waals surface area contributed by atoms with Gasteiger partial charge in [0.05, 0.1) is 13.2 Å². The lowest BCUT2D eigenvalue weighted by Gasteiger charge is -2.19. The number of unbranched alkanes of at least 4 members (excludes halogenated alkanes) is 30. The van der Waals surface area contributed by atoms with Gasteiger partial charge in [-0.3, -0.25) is 18.6 Å². The first-order valence-electron chi connectivity index (χ1n) is 27.1. The predicted molar refractivity (Wildman–Crippen MR) is 275 cm³/mol. The molecule has 0 bridgehead atoms. The molecule has 2 unspecified atom stereocenters. The molecule has 65 heavy (non-hydrogen) atoms. The van der Waals surface area contributed by atoms with Crippen molar-refractivity contribution in [2.45, 2.75) is 264 Å². The first-order valence-corrected chi connectivity index (χ1v) is 28.6. The van der Waals surface area contributed by atoms with E-state index in [-0.39, 0.29) is 38.6 Å². The third-order valence-electron chi connectivity index (χ3n) is 11.7. The molecule has 0 radical (unpaired) electrons. The molecule has 0 fully saturated rings. The highest BCUT2D eigenvalue weighted by Crippen LogP contribution is 2.43. The molecule has 0 heterocycles. The summed E-state index contributed by atoms with van der Waals surface area (Å²) in [6.45, 7) is 3.75. The SMILES string of the molecule is CCCCCCC/C=C\C/C=C\C/C=C\CCCCCCCCCCCCC(=O)OC(COC(=O)CCCCCCCCCCC/C=C\CCCCCCCC)COP(=O)(O)OCCN. The molecule has 0 spiro atoms. The van der Waals surface area contributed by atoms with Crippen LogP contribution in [0.25, 0.3) is 0 Å². The van der Waals surface area contributed by atoms with Crippen molar-refractivity contribution in [3.63, 3.8) is 0 Å². The lowest BCUT2D eigenvalue weighted by molar-refractivity contribution is -0.161. The van der Waals surface area contributed by atoms with Gasteiger partial charge in [-0.05, 0) is 77.0 Å². The van der Waals surface area contributed by atoms with Crippen LogP contribution in [0.1, 0.15) is 258 Å². The van der Waals surface area contributed by atoms with Crippen molar-refractivity contribution in [1.82, 2.24) is 0 Å². The van der Waals surface area contributed by atoms with Crippen molar-refractivity contribution in [3.05, 3.63) is 48.6 Å². The zero-order chi connectivity index (χ0) is 47.4. The maximum Gasteiger partial charge on any atom is 0.472 e. The van der Waals surface area contributed by atoms with Crippen molar-refractivity contribution in [2.24, 2.45) is 5.73 Å². The standard InChI is InChI=1S/C55H102NO8P/c1-3-5-7-9-11-13-15-17-19-21-23-24-25-26-27-28-30-32-34-36-38-40-42-44-46-48-55(58)64-53(52-63-65(59,60)62-50-49-56)51-61-54(57)47-45-43-41-39-37-35-33-31-29-22-20-18-16-14-12-10-8-6-4-2/h15,17-18,20-21,23,25-26,53H,3-14,16,19,22,24,27-52,56H2,1-2H3,(H,59,60)/b17-15-,20-18-,23-21-,26-25-. The number of carbonyl (C=O) groups excluding carboxylic acids is 2. The Morgan fingerprint density at radius 3 is 1.20 bits per heavy atom. The van der Waals surface area contributed by atoms with E-state index in [1.54, 1.807) is 0 Å². The summed E-state index contributed by atoms with van der Waals surface area (Å²) in [5.41, 5.74) is 5.37. The molecule has 0 aliphatic carbocycles. The van der Waals surface area contributed by atoms with Gasteiger partial charge in [0.1, 0.15) is 6.61 Å². The van der Waals surface area contributed by atoms with Crippen molar-refractivity contribution in [3.8, 4) is 0 Å². The van der Waals surface area contributed by atoms with Crippen LogP contribution in [0.5, 0.6) is 0 Å². The zero-order valence-corrected chi connectivity index (χ0v) is 43.1. The number of ether oxygens (including phenoxy) is 2. The van der Waals surface area contributed by atoms with E-state index >= 15 is 0 Å². The Kier molecular flexibility index (Phi) is 49.8. The maximum atomic E-state index is 12.7. The molecule has 9 nitrogen and oxygen atoms in total. The molecule has 0 aromatic heterocycles. The van der Waals surface area contributed by atoms with Crippen LogP contribution in [-0.4, -0.2) is 49.3 Å². The molecule has 3 N–H and O–H groups in total. The predicted octanol–water partition coefficient (Wildman–Crippen LogP) is 16.6. The molecule has 10 heteroatoms. The fraction of sp³-hybridized carbons (Fsp3) is 0.818. The fourth-order valence-electron chi connectivity index (χ4n) is 7.64. The van der Waals surface area contributed by atoms with Crippen molar-refractivity contribution < 1.29 is 37.6 Å². The minimum atomic E-state index is -4.39. The molecule has 0 rings (SSSR count). The van der Waals surface area contributed by atoms with Crippen LogP contribution in [0.2, 0.25) is 0 Å². The Balaban J connectivity index is 4.02. The highest BCUT2D eigenvalue weighted by molar-refractivity contribution is 7.47. The average molecular weight is 936 g/mol. The summed E-state index contributed by atoms with van der Waals surface area (Å²) in [7, 11) is -4.39. The molecule has 0 aromatic carbocycles. The second-order valence-electron chi connectivity index (χ2n) is 18.1. The third-order valence-corrected chi connectivity index (χ3v) is 12.7. The Morgan fingerprint density at radius 2 is 0.800 bits per heavy atom. The Morgan fingerprint density at radius 1 is 0.462 bits per heavy atom. The van der Waals surface area contributed by atoms with Gasteiger partial charge in [-0.1, -0.05) is 217 Å². The second kappa shape index (κ2) is 51.4. The van der Waals surface area contributed by atoms with Gasteiger partial charge < -0.3 is 20.1 Å². The maximum absolute atomic E-state index is 12.7. The summed E-state index contributed by atoms with van der Waals surface area (Å²) in [5, 5.41) is 0. The number of allylic oxidation sites excluding steroid dienone is 8. The summed E-state index contributed by atoms with van der Waals surface area (Å²) in [5.74, 6) is -0.828. The van der Waals surface area contributed by atoms with Gasteiger partial charge >= 0.3 is 19.8 Å². The van der Waals surface area contributed by atoms with Gasteiger partial charge in [0, 0.05) is 19.4 Å². The Hall–Kier alpha value is -2.03. The fourth-order valence-corrected chi connectivity index (χ4v) is 8.40. The van der Waals surface area contributed by atoms with Gasteiger partial charge in [0.25, 0.3) is 0 Å². The highest BCUT2D eigenvalue weighted by atomic mass is 31.2. The van der Waals surface area contributed by atoms with Gasteiger partial charge in [-0.25, -0.2) is 4.57 Å². The molecule has 0 aliphatic rings. The van der Waals surface area contributed by atoms with Crippen LogP contribution in [0.4, 0.5) is 0 Å². The van der Waals surface area contributed by atoms with E-state index in [1.807, 2.05) is 0 Å². The summed E-state index contributed by atoms with van der Waals surface area (Å²) in [6, 6.07) is 0. The topological polar surface area (TPSA) is 134 Å². The van der Waals surface area contributed by atoms with Crippen LogP contribution >= 0.6 is 7.82 Å². The third kappa shape index (κ3) is 51.2. The molecular weight excluding hydrogens is 834 g/mol. The van der Waals surface area contributed by atoms with Crippen molar-refractivity contribution in [1.29, 1.82) is 0 Å². The summed E-state index contributed by atoms with van der Waals surface area (Å²) < 4.78 is 33.0. The first kappa shape index (κ1) is 63.0. The minimum Gasteiger partial charge on any atom is -0.462 e.